The minimum absolute atomic E-state index is 0.00825. The third-order valence-corrected chi connectivity index (χ3v) is 8.87. The van der Waals surface area contributed by atoms with Gasteiger partial charge in [0.1, 0.15) is 6.61 Å². The first kappa shape index (κ1) is 22.8. The highest BCUT2D eigenvalue weighted by molar-refractivity contribution is 6.01. The molecule has 3 saturated carbocycles. The van der Waals surface area contributed by atoms with Gasteiger partial charge in [0, 0.05) is 11.3 Å². The van der Waals surface area contributed by atoms with Crippen LogP contribution in [0.5, 0.6) is 0 Å². The zero-order valence-electron chi connectivity index (χ0n) is 18.8. The summed E-state index contributed by atoms with van der Waals surface area (Å²) in [7, 11) is 0. The fraction of sp³-hybridized carbons (Fsp3) is 0.760. The number of fused-ring (bicyclic) bond motifs is 5. The summed E-state index contributed by atoms with van der Waals surface area (Å²) in [6.07, 6.45) is 7.32. The minimum Gasteiger partial charge on any atom is -0.393 e. The second-order valence-electron chi connectivity index (χ2n) is 10.6. The number of rotatable bonds is 6. The van der Waals surface area contributed by atoms with Gasteiger partial charge in [0.2, 0.25) is 0 Å². The third-order valence-electron chi connectivity index (χ3n) is 8.87. The smallest absolute Gasteiger partial charge is 0.178 e. The van der Waals surface area contributed by atoms with Crippen LogP contribution in [0.3, 0.4) is 0 Å². The molecule has 0 spiro atoms. The minimum atomic E-state index is -0.931. The summed E-state index contributed by atoms with van der Waals surface area (Å²) in [5, 5.41) is 31.4. The van der Waals surface area contributed by atoms with E-state index in [2.05, 4.69) is 13.8 Å². The maximum Gasteiger partial charge on any atom is 0.178 e. The van der Waals surface area contributed by atoms with E-state index in [4.69, 9.17) is 4.74 Å². The van der Waals surface area contributed by atoms with Crippen molar-refractivity contribution < 1.29 is 29.6 Å². The van der Waals surface area contributed by atoms with Gasteiger partial charge >= 0.3 is 0 Å². The number of carbonyl (C=O) groups is 2. The van der Waals surface area contributed by atoms with Crippen molar-refractivity contribution in [1.29, 1.82) is 0 Å². The van der Waals surface area contributed by atoms with Gasteiger partial charge in [-0.15, -0.1) is 0 Å². The standard InChI is InChI=1S/C25H36O6/c1-4-5-21(30)31-20-11-17-16-7-6-14-10-15(27)8-9-24(14,2)22(16)18(28)12-25(17,3)23(20)19(29)13-26/h8-10,16-18,20-23,26,28,30H,4-7,11-13H2,1-3H3/t16-,17-,18-,20+,21+,22+,23-,24-,25-/m0/s1. The van der Waals surface area contributed by atoms with Crippen molar-refractivity contribution in [2.75, 3.05) is 6.61 Å². The molecule has 0 radical (unpaired) electrons. The van der Waals surface area contributed by atoms with Gasteiger partial charge in [-0.3, -0.25) is 9.59 Å². The lowest BCUT2D eigenvalue weighted by Gasteiger charge is -2.58. The monoisotopic (exact) mass is 432 g/mol. The van der Waals surface area contributed by atoms with Crippen LogP contribution in [0.15, 0.2) is 23.8 Å². The van der Waals surface area contributed by atoms with E-state index in [1.54, 1.807) is 12.2 Å². The number of ether oxygens (including phenoxy) is 1. The quantitative estimate of drug-likeness (QED) is 0.557. The topological polar surface area (TPSA) is 104 Å². The van der Waals surface area contributed by atoms with Gasteiger partial charge in [0.05, 0.1) is 18.1 Å². The SMILES string of the molecule is CCC[C@H](O)O[C@@H]1C[C@H]2[C@@H]3CCC4=CC(=O)C=C[C@]4(C)[C@H]3[C@@H](O)C[C@]2(C)[C@H]1C(=O)CO. The Kier molecular flexibility index (Phi) is 6.05. The van der Waals surface area contributed by atoms with Crippen LogP contribution < -0.4 is 0 Å². The molecule has 31 heavy (non-hydrogen) atoms. The summed E-state index contributed by atoms with van der Waals surface area (Å²) in [4.78, 5) is 24.8. The Balaban J connectivity index is 1.69. The number of allylic oxidation sites excluding steroid dienone is 4. The molecule has 4 aliphatic carbocycles. The highest BCUT2D eigenvalue weighted by Gasteiger charge is 2.65. The summed E-state index contributed by atoms with van der Waals surface area (Å²) >= 11 is 0. The lowest BCUT2D eigenvalue weighted by atomic mass is 9.46. The van der Waals surface area contributed by atoms with Gasteiger partial charge < -0.3 is 20.1 Å². The number of hydrogen-bond acceptors (Lipinski definition) is 6. The molecular formula is C25H36O6. The molecule has 0 amide bonds. The largest absolute Gasteiger partial charge is 0.393 e. The van der Waals surface area contributed by atoms with Crippen LogP contribution >= 0.6 is 0 Å². The van der Waals surface area contributed by atoms with Crippen molar-refractivity contribution in [3.8, 4) is 0 Å². The van der Waals surface area contributed by atoms with Crippen LogP contribution in [-0.2, 0) is 14.3 Å². The molecule has 4 aliphatic rings. The molecule has 4 rings (SSSR count). The van der Waals surface area contributed by atoms with Crippen molar-refractivity contribution >= 4 is 11.6 Å². The second kappa shape index (κ2) is 8.22. The van der Waals surface area contributed by atoms with E-state index in [9.17, 15) is 24.9 Å². The van der Waals surface area contributed by atoms with Crippen molar-refractivity contribution in [3.63, 3.8) is 0 Å². The predicted octanol–water partition coefficient (Wildman–Crippen LogP) is 2.56. The average Bonchev–Trinajstić information content (AvgIpc) is 2.99. The van der Waals surface area contributed by atoms with Crippen molar-refractivity contribution in [3.05, 3.63) is 23.8 Å². The highest BCUT2D eigenvalue weighted by Crippen LogP contribution is 2.66. The predicted molar refractivity (Wildman–Crippen MR) is 115 cm³/mol. The lowest BCUT2D eigenvalue weighted by molar-refractivity contribution is -0.166. The van der Waals surface area contributed by atoms with E-state index in [0.717, 1.165) is 24.8 Å². The molecule has 3 N–H and O–H groups in total. The Bertz CT molecular complexity index is 802. The summed E-state index contributed by atoms with van der Waals surface area (Å²) in [6.45, 7) is 5.58. The van der Waals surface area contributed by atoms with Crippen LogP contribution in [-0.4, -0.2) is 52.0 Å². The van der Waals surface area contributed by atoms with Crippen molar-refractivity contribution in [2.45, 2.75) is 77.8 Å². The summed E-state index contributed by atoms with van der Waals surface area (Å²) < 4.78 is 5.98. The van der Waals surface area contributed by atoms with Gasteiger partial charge in [-0.1, -0.05) is 38.8 Å². The van der Waals surface area contributed by atoms with E-state index in [1.807, 2.05) is 13.0 Å². The maximum absolute atomic E-state index is 12.9. The molecule has 0 bridgehead atoms. The van der Waals surface area contributed by atoms with E-state index in [0.29, 0.717) is 19.3 Å². The molecule has 0 aromatic carbocycles. The van der Waals surface area contributed by atoms with Crippen LogP contribution in [0.4, 0.5) is 0 Å². The second-order valence-corrected chi connectivity index (χ2v) is 10.6. The fourth-order valence-corrected chi connectivity index (χ4v) is 7.64. The Hall–Kier alpha value is -1.34. The first-order chi connectivity index (χ1) is 14.7. The van der Waals surface area contributed by atoms with Crippen LogP contribution in [0, 0.1) is 34.5 Å². The molecule has 9 atom stereocenters. The number of ketones is 2. The lowest BCUT2D eigenvalue weighted by Crippen LogP contribution is -2.56. The molecule has 0 aliphatic heterocycles. The number of aliphatic hydroxyl groups excluding tert-OH is 3. The molecule has 0 unspecified atom stereocenters. The van der Waals surface area contributed by atoms with E-state index in [1.165, 1.54) is 0 Å². The zero-order valence-corrected chi connectivity index (χ0v) is 18.8. The molecule has 0 saturated heterocycles. The highest BCUT2D eigenvalue weighted by atomic mass is 16.6. The molecule has 6 nitrogen and oxygen atoms in total. The Morgan fingerprint density at radius 3 is 2.77 bits per heavy atom. The zero-order chi connectivity index (χ0) is 22.6. The number of carbonyl (C=O) groups excluding carboxylic acids is 2. The third kappa shape index (κ3) is 3.56. The summed E-state index contributed by atoms with van der Waals surface area (Å²) in [6, 6.07) is 0. The molecule has 3 fully saturated rings. The van der Waals surface area contributed by atoms with Gasteiger partial charge in [0.15, 0.2) is 17.9 Å². The molecular weight excluding hydrogens is 396 g/mol. The first-order valence-corrected chi connectivity index (χ1v) is 11.7. The Labute approximate surface area is 184 Å². The van der Waals surface area contributed by atoms with Crippen LogP contribution in [0.25, 0.3) is 0 Å². The number of hydrogen-bond donors (Lipinski definition) is 3. The average molecular weight is 433 g/mol. The Morgan fingerprint density at radius 1 is 1.35 bits per heavy atom. The number of aliphatic hydroxyl groups is 3. The van der Waals surface area contributed by atoms with Gasteiger partial charge in [-0.25, -0.2) is 0 Å². The normalized spacial score (nSPS) is 44.8. The van der Waals surface area contributed by atoms with Crippen LogP contribution in [0.2, 0.25) is 0 Å². The summed E-state index contributed by atoms with van der Waals surface area (Å²) in [5.41, 5.74) is 0.230. The van der Waals surface area contributed by atoms with Gasteiger partial charge in [-0.05, 0) is 61.5 Å². The van der Waals surface area contributed by atoms with E-state index >= 15 is 0 Å². The first-order valence-electron chi connectivity index (χ1n) is 11.7. The van der Waals surface area contributed by atoms with Gasteiger partial charge in [-0.2, -0.15) is 0 Å². The van der Waals surface area contributed by atoms with E-state index in [-0.39, 0.29) is 34.7 Å². The Morgan fingerprint density at radius 2 is 2.10 bits per heavy atom. The van der Waals surface area contributed by atoms with Crippen molar-refractivity contribution in [2.24, 2.45) is 34.5 Å². The van der Waals surface area contributed by atoms with E-state index < -0.39 is 36.4 Å². The molecule has 0 heterocycles. The molecule has 6 heteroatoms. The molecule has 172 valence electrons. The fourth-order valence-electron chi connectivity index (χ4n) is 7.64. The number of Topliss-reactive ketones (excluding diaryl/α,β-unsaturated/α-hetero) is 1. The van der Waals surface area contributed by atoms with Crippen LogP contribution in [0.1, 0.15) is 59.3 Å². The summed E-state index contributed by atoms with van der Waals surface area (Å²) in [5.74, 6) is -0.509. The maximum atomic E-state index is 12.9. The molecule has 0 aromatic rings. The molecule has 0 aromatic heterocycles. The van der Waals surface area contributed by atoms with Gasteiger partial charge in [0.25, 0.3) is 0 Å². The van der Waals surface area contributed by atoms with Crippen molar-refractivity contribution in [1.82, 2.24) is 0 Å².